The van der Waals surface area contributed by atoms with Crippen molar-refractivity contribution in [3.63, 3.8) is 0 Å². The van der Waals surface area contributed by atoms with Crippen molar-refractivity contribution in [1.29, 1.82) is 0 Å². The molecule has 0 atom stereocenters. The topological polar surface area (TPSA) is 25.8 Å². The number of nitrogens with zero attached hydrogens (tertiary/aromatic N) is 2. The normalized spacial score (nSPS) is 12.1. The Bertz CT molecular complexity index is 2240. The molecule has 5 aromatic heterocycles. The molecule has 0 unspecified atom stereocenters. The van der Waals surface area contributed by atoms with Gasteiger partial charge in [-0.05, 0) is 58.3 Å². The van der Waals surface area contributed by atoms with E-state index in [1.165, 1.54) is 84.1 Å². The van der Waals surface area contributed by atoms with Crippen LogP contribution in [-0.4, -0.2) is 9.97 Å². The maximum Gasteiger partial charge on any atom is 0.0435 e. The van der Waals surface area contributed by atoms with Gasteiger partial charge < -0.3 is 0 Å². The SMILES string of the molecule is c1ccc2c(-c3cc4c5cc(-c6csc7ccccc67)c6cnccc6c5sc4c4ccncc34)csc2c1. The van der Waals surface area contributed by atoms with Gasteiger partial charge in [-0.15, -0.1) is 34.0 Å². The van der Waals surface area contributed by atoms with Crippen LogP contribution in [0.5, 0.6) is 0 Å². The Morgan fingerprint density at radius 3 is 1.44 bits per heavy atom. The number of rotatable bonds is 2. The molecule has 0 bridgehead atoms. The molecule has 0 amide bonds. The Balaban J connectivity index is 1.45. The van der Waals surface area contributed by atoms with Crippen LogP contribution in [0.15, 0.2) is 108 Å². The number of hydrogen-bond donors (Lipinski definition) is 0. The van der Waals surface area contributed by atoms with Crippen LogP contribution >= 0.6 is 34.0 Å². The van der Waals surface area contributed by atoms with Gasteiger partial charge in [-0.1, -0.05) is 36.4 Å². The van der Waals surface area contributed by atoms with Gasteiger partial charge in [-0.25, -0.2) is 0 Å². The van der Waals surface area contributed by atoms with Crippen LogP contribution in [0.25, 0.3) is 84.1 Å². The molecule has 4 aromatic carbocycles. The first-order valence-electron chi connectivity index (χ1n) is 12.8. The predicted octanol–water partition coefficient (Wildman–Crippen LogP) is 10.9. The zero-order chi connectivity index (χ0) is 25.5. The van der Waals surface area contributed by atoms with Crippen LogP contribution in [-0.2, 0) is 0 Å². The van der Waals surface area contributed by atoms with E-state index in [0.717, 1.165) is 0 Å². The fourth-order valence-corrected chi connectivity index (χ4v) is 9.28. The summed E-state index contributed by atoms with van der Waals surface area (Å²) in [5.74, 6) is 0. The summed E-state index contributed by atoms with van der Waals surface area (Å²) in [5, 5.41) is 14.7. The van der Waals surface area contributed by atoms with E-state index in [9.17, 15) is 0 Å². The molecule has 5 heterocycles. The third kappa shape index (κ3) is 3.06. The van der Waals surface area contributed by atoms with E-state index in [-0.39, 0.29) is 0 Å². The second kappa shape index (κ2) is 8.17. The average Bonchev–Trinajstić information content (AvgIpc) is 3.72. The van der Waals surface area contributed by atoms with Gasteiger partial charge in [-0.3, -0.25) is 9.97 Å². The lowest BCUT2D eigenvalue weighted by Gasteiger charge is -2.09. The standard InChI is InChI=1S/C34H18N2S3/c1-3-7-31-19(5-1)29(17-37-31)23-13-25-26-14-24(30-18-38-32-8-4-2-6-20(30)32)28-16-36-12-10-22(28)34(26)39-33(25)21-9-11-35-15-27(21)23/h1-18H. The molecule has 0 spiro atoms. The number of hydrogen-bond acceptors (Lipinski definition) is 5. The van der Waals surface area contributed by atoms with Crippen LogP contribution in [0.1, 0.15) is 0 Å². The quantitative estimate of drug-likeness (QED) is 0.214. The largest absolute Gasteiger partial charge is 0.264 e. The Hall–Kier alpha value is -4.16. The van der Waals surface area contributed by atoms with Crippen molar-refractivity contribution in [3.05, 3.63) is 108 Å². The minimum absolute atomic E-state index is 1.20. The molecule has 182 valence electrons. The molecule has 0 fully saturated rings. The summed E-state index contributed by atoms with van der Waals surface area (Å²) in [7, 11) is 0. The lowest BCUT2D eigenvalue weighted by atomic mass is 9.93. The van der Waals surface area contributed by atoms with E-state index in [0.29, 0.717) is 0 Å². The first-order valence-corrected chi connectivity index (χ1v) is 15.4. The summed E-state index contributed by atoms with van der Waals surface area (Å²) in [6.45, 7) is 0. The van der Waals surface area contributed by atoms with Crippen molar-refractivity contribution in [2.24, 2.45) is 0 Å². The summed E-state index contributed by atoms with van der Waals surface area (Å²) in [4.78, 5) is 9.10. The Labute approximate surface area is 235 Å². The molecule has 0 aliphatic rings. The Morgan fingerprint density at radius 1 is 0.436 bits per heavy atom. The summed E-state index contributed by atoms with van der Waals surface area (Å²) >= 11 is 5.51. The van der Waals surface area contributed by atoms with Crippen molar-refractivity contribution in [1.82, 2.24) is 9.97 Å². The molecule has 0 radical (unpaired) electrons. The average molecular weight is 551 g/mol. The molecule has 0 N–H and O–H groups in total. The molecule has 9 rings (SSSR count). The summed E-state index contributed by atoms with van der Waals surface area (Å²) in [6.07, 6.45) is 7.91. The van der Waals surface area contributed by atoms with E-state index >= 15 is 0 Å². The maximum absolute atomic E-state index is 4.55. The smallest absolute Gasteiger partial charge is 0.0435 e. The maximum atomic E-state index is 4.55. The van der Waals surface area contributed by atoms with E-state index in [2.05, 4.69) is 93.5 Å². The van der Waals surface area contributed by atoms with Crippen molar-refractivity contribution in [2.45, 2.75) is 0 Å². The second-order valence-corrected chi connectivity index (χ2v) is 12.7. The van der Waals surface area contributed by atoms with Gasteiger partial charge in [-0.2, -0.15) is 0 Å². The highest BCUT2D eigenvalue weighted by Crippen LogP contribution is 2.48. The second-order valence-electron chi connectivity index (χ2n) is 9.84. The third-order valence-corrected chi connectivity index (χ3v) is 11.0. The number of aromatic nitrogens is 2. The van der Waals surface area contributed by atoms with Crippen molar-refractivity contribution >= 4 is 95.9 Å². The number of fused-ring (bicyclic) bond motifs is 9. The van der Waals surface area contributed by atoms with Crippen LogP contribution in [0.2, 0.25) is 0 Å². The molecule has 2 nitrogen and oxygen atoms in total. The molecule has 0 aliphatic heterocycles. The van der Waals surface area contributed by atoms with E-state index in [1.807, 2.05) is 58.8 Å². The van der Waals surface area contributed by atoms with Gasteiger partial charge in [0.25, 0.3) is 0 Å². The van der Waals surface area contributed by atoms with Gasteiger partial charge in [0.15, 0.2) is 0 Å². The highest BCUT2D eigenvalue weighted by atomic mass is 32.1. The third-order valence-electron chi connectivity index (χ3n) is 7.81. The zero-order valence-electron chi connectivity index (χ0n) is 20.5. The van der Waals surface area contributed by atoms with E-state index in [4.69, 9.17) is 0 Å². The minimum Gasteiger partial charge on any atom is -0.264 e. The fraction of sp³-hybridized carbons (Fsp3) is 0. The Kier molecular flexibility index (Phi) is 4.55. The van der Waals surface area contributed by atoms with E-state index < -0.39 is 0 Å². The van der Waals surface area contributed by atoms with Gasteiger partial charge in [0.05, 0.1) is 0 Å². The predicted molar refractivity (Wildman–Crippen MR) is 172 cm³/mol. The lowest BCUT2D eigenvalue weighted by molar-refractivity contribution is 1.37. The molecule has 9 aromatic rings. The first kappa shape index (κ1) is 21.7. The summed E-state index contributed by atoms with van der Waals surface area (Å²) in [6, 6.07) is 26.6. The highest BCUT2D eigenvalue weighted by Gasteiger charge is 2.19. The number of benzene rings is 4. The molecule has 0 saturated carbocycles. The van der Waals surface area contributed by atoms with Gasteiger partial charge in [0.2, 0.25) is 0 Å². The van der Waals surface area contributed by atoms with Gasteiger partial charge in [0.1, 0.15) is 0 Å². The van der Waals surface area contributed by atoms with Crippen molar-refractivity contribution < 1.29 is 0 Å². The van der Waals surface area contributed by atoms with E-state index in [1.54, 1.807) is 0 Å². The van der Waals surface area contributed by atoms with Gasteiger partial charge in [0, 0.05) is 97.8 Å². The Morgan fingerprint density at radius 2 is 0.923 bits per heavy atom. The molecular weight excluding hydrogens is 533 g/mol. The molecule has 0 aliphatic carbocycles. The minimum atomic E-state index is 1.20. The first-order chi connectivity index (χ1) is 19.3. The van der Waals surface area contributed by atoms with Gasteiger partial charge >= 0.3 is 0 Å². The van der Waals surface area contributed by atoms with Crippen LogP contribution in [0, 0.1) is 0 Å². The zero-order valence-corrected chi connectivity index (χ0v) is 23.0. The lowest BCUT2D eigenvalue weighted by Crippen LogP contribution is -1.84. The van der Waals surface area contributed by atoms with Crippen molar-refractivity contribution in [3.8, 4) is 22.3 Å². The molecule has 5 heteroatoms. The summed E-state index contributed by atoms with van der Waals surface area (Å²) in [5.41, 5.74) is 5.06. The summed E-state index contributed by atoms with van der Waals surface area (Å²) < 4.78 is 5.25. The molecule has 39 heavy (non-hydrogen) atoms. The molecular formula is C34H18N2S3. The van der Waals surface area contributed by atoms with Crippen LogP contribution < -0.4 is 0 Å². The molecule has 0 saturated heterocycles. The van der Waals surface area contributed by atoms with Crippen LogP contribution in [0.4, 0.5) is 0 Å². The number of pyridine rings is 2. The monoisotopic (exact) mass is 550 g/mol. The van der Waals surface area contributed by atoms with Crippen LogP contribution in [0.3, 0.4) is 0 Å². The fourth-order valence-electron chi connectivity index (χ4n) is 6.02. The van der Waals surface area contributed by atoms with Crippen molar-refractivity contribution in [2.75, 3.05) is 0 Å². The highest BCUT2D eigenvalue weighted by molar-refractivity contribution is 7.27. The number of thiophene rings is 3.